The third kappa shape index (κ3) is 5.86. The van der Waals surface area contributed by atoms with Crippen LogP contribution >= 0.6 is 0 Å². The molecule has 1 aromatic carbocycles. The summed E-state index contributed by atoms with van der Waals surface area (Å²) < 4.78 is 12.2. The maximum Gasteiger partial charge on any atom is 0.308 e. The highest BCUT2D eigenvalue weighted by Crippen LogP contribution is 2.59. The van der Waals surface area contributed by atoms with Gasteiger partial charge in [0.2, 0.25) is 0 Å². The zero-order valence-electron chi connectivity index (χ0n) is 21.6. The lowest BCUT2D eigenvalue weighted by molar-refractivity contribution is -0.132. The van der Waals surface area contributed by atoms with Crippen molar-refractivity contribution in [2.24, 2.45) is 11.8 Å². The summed E-state index contributed by atoms with van der Waals surface area (Å²) in [5, 5.41) is 0. The minimum Gasteiger partial charge on any atom is -0.491 e. The van der Waals surface area contributed by atoms with Crippen LogP contribution in [-0.4, -0.2) is 17.9 Å². The summed E-state index contributed by atoms with van der Waals surface area (Å²) in [6.45, 7) is 5.87. The van der Waals surface area contributed by atoms with Gasteiger partial charge in [0, 0.05) is 31.4 Å². The number of hydrogen-bond acceptors (Lipinski definition) is 4. The smallest absolute Gasteiger partial charge is 0.308 e. The van der Waals surface area contributed by atoms with Gasteiger partial charge in [-0.15, -0.1) is 0 Å². The molecule has 0 radical (unpaired) electrons. The Morgan fingerprint density at radius 1 is 1.00 bits per heavy atom. The first-order valence-corrected chi connectivity index (χ1v) is 14.0. The Labute approximate surface area is 206 Å². The molecule has 2 fully saturated rings. The molecule has 0 saturated heterocycles. The van der Waals surface area contributed by atoms with Crippen LogP contribution in [0.4, 0.5) is 0 Å². The third-order valence-corrected chi connectivity index (χ3v) is 8.56. The van der Waals surface area contributed by atoms with E-state index in [0.717, 1.165) is 24.2 Å². The van der Waals surface area contributed by atoms with E-state index in [4.69, 9.17) is 9.47 Å². The molecule has 4 rings (SSSR count). The fourth-order valence-corrected chi connectivity index (χ4v) is 7.05. The van der Waals surface area contributed by atoms with Crippen molar-refractivity contribution >= 4 is 11.8 Å². The Kier molecular flexibility index (Phi) is 8.71. The van der Waals surface area contributed by atoms with E-state index in [2.05, 4.69) is 19.9 Å². The second-order valence-electron chi connectivity index (χ2n) is 11.1. The van der Waals surface area contributed by atoms with Crippen LogP contribution < -0.4 is 9.47 Å². The van der Waals surface area contributed by atoms with E-state index in [0.29, 0.717) is 42.1 Å². The van der Waals surface area contributed by atoms with Gasteiger partial charge in [-0.05, 0) is 74.3 Å². The number of carbonyl (C=O) groups excluding carboxylic acids is 2. The van der Waals surface area contributed by atoms with Gasteiger partial charge in [0.15, 0.2) is 0 Å². The lowest BCUT2D eigenvalue weighted by Gasteiger charge is -2.49. The lowest BCUT2D eigenvalue weighted by Crippen LogP contribution is -2.39. The average Bonchev–Trinajstić information content (AvgIpc) is 2.80. The maximum atomic E-state index is 12.5. The largest absolute Gasteiger partial charge is 0.491 e. The highest BCUT2D eigenvalue weighted by Gasteiger charge is 2.47. The van der Waals surface area contributed by atoms with Crippen molar-refractivity contribution < 1.29 is 19.1 Å². The Balaban J connectivity index is 1.57. The Bertz CT molecular complexity index is 860. The van der Waals surface area contributed by atoms with E-state index in [1.165, 1.54) is 76.7 Å². The summed E-state index contributed by atoms with van der Waals surface area (Å²) in [7, 11) is 0. The van der Waals surface area contributed by atoms with Crippen LogP contribution in [0, 0.1) is 11.8 Å². The first-order valence-electron chi connectivity index (χ1n) is 14.0. The Morgan fingerprint density at radius 2 is 1.74 bits per heavy atom. The second kappa shape index (κ2) is 11.7. The van der Waals surface area contributed by atoms with E-state index >= 15 is 0 Å². The van der Waals surface area contributed by atoms with Crippen molar-refractivity contribution in [2.75, 3.05) is 0 Å². The molecule has 3 aliphatic rings. The summed E-state index contributed by atoms with van der Waals surface area (Å²) in [5.41, 5.74) is 2.42. The number of Topliss-reactive ketones (excluding diaryl/α,β-unsaturated/α-hetero) is 1. The molecule has 0 aliphatic heterocycles. The molecule has 4 nitrogen and oxygen atoms in total. The molecular weight excluding hydrogens is 424 g/mol. The molecule has 0 aromatic heterocycles. The predicted octanol–water partition coefficient (Wildman–Crippen LogP) is 7.87. The average molecular weight is 469 g/mol. The van der Waals surface area contributed by atoms with Gasteiger partial charge in [-0.1, -0.05) is 51.9 Å². The molecule has 0 N–H and O–H groups in total. The van der Waals surface area contributed by atoms with Gasteiger partial charge in [0.05, 0.1) is 6.10 Å². The number of unbranched alkanes of at least 4 members (excludes halogenated alkanes) is 5. The molecule has 0 amide bonds. The summed E-state index contributed by atoms with van der Waals surface area (Å²) >= 11 is 0. The van der Waals surface area contributed by atoms with Gasteiger partial charge in [0.25, 0.3) is 0 Å². The maximum absolute atomic E-state index is 12.5. The molecule has 34 heavy (non-hydrogen) atoms. The molecule has 1 unspecified atom stereocenters. The first kappa shape index (κ1) is 25.3. The molecule has 2 saturated carbocycles. The van der Waals surface area contributed by atoms with Crippen LogP contribution in [0.2, 0.25) is 0 Å². The van der Waals surface area contributed by atoms with E-state index in [1.807, 2.05) is 6.07 Å². The third-order valence-electron chi connectivity index (χ3n) is 8.56. The fraction of sp³-hybridized carbons (Fsp3) is 0.733. The van der Waals surface area contributed by atoms with Crippen LogP contribution in [0.15, 0.2) is 12.1 Å². The fourth-order valence-electron chi connectivity index (χ4n) is 7.05. The molecule has 5 atom stereocenters. The highest BCUT2D eigenvalue weighted by atomic mass is 16.5. The van der Waals surface area contributed by atoms with Crippen LogP contribution in [0.5, 0.6) is 11.5 Å². The minimum atomic E-state index is -0.302. The van der Waals surface area contributed by atoms with E-state index in [-0.39, 0.29) is 18.0 Å². The zero-order chi connectivity index (χ0) is 24.1. The number of fused-ring (bicyclic) bond motifs is 6. The van der Waals surface area contributed by atoms with Crippen molar-refractivity contribution in [1.29, 1.82) is 0 Å². The van der Waals surface area contributed by atoms with Gasteiger partial charge in [0.1, 0.15) is 17.3 Å². The lowest BCUT2D eigenvalue weighted by atomic mass is 9.55. The molecule has 0 spiro atoms. The van der Waals surface area contributed by atoms with Crippen LogP contribution in [0.25, 0.3) is 0 Å². The van der Waals surface area contributed by atoms with Crippen LogP contribution in [0.1, 0.15) is 134 Å². The minimum absolute atomic E-state index is 0.129. The summed E-state index contributed by atoms with van der Waals surface area (Å²) in [6, 6.07) is 4.16. The summed E-state index contributed by atoms with van der Waals surface area (Å²) in [6.07, 6.45) is 16.1. The molecule has 0 heterocycles. The van der Waals surface area contributed by atoms with Crippen molar-refractivity contribution in [1.82, 2.24) is 0 Å². The van der Waals surface area contributed by atoms with Crippen LogP contribution in [-0.2, 0) is 9.59 Å². The van der Waals surface area contributed by atoms with Gasteiger partial charge < -0.3 is 9.47 Å². The van der Waals surface area contributed by atoms with E-state index in [9.17, 15) is 9.59 Å². The van der Waals surface area contributed by atoms with Gasteiger partial charge >= 0.3 is 5.97 Å². The zero-order valence-corrected chi connectivity index (χ0v) is 21.6. The van der Waals surface area contributed by atoms with Crippen molar-refractivity contribution in [3.8, 4) is 11.5 Å². The first-order chi connectivity index (χ1) is 16.5. The standard InChI is InChI=1S/C30H44O4/c1-4-5-6-7-8-9-12-20(2)33-23-18-28-25-14-11-10-13-24(25)26-16-15-22(32)17-27(26)30(28)29(19-23)34-21(3)31/h18-20,24-27H,4-17H2,1-3H3/t20?,24-,25-,26+,27-/m1/s1. The van der Waals surface area contributed by atoms with Crippen molar-refractivity contribution in [3.63, 3.8) is 0 Å². The number of esters is 1. The van der Waals surface area contributed by atoms with E-state index in [1.54, 1.807) is 0 Å². The Hall–Kier alpha value is -1.84. The topological polar surface area (TPSA) is 52.6 Å². The number of ether oxygens (including phenoxy) is 2. The number of rotatable bonds is 10. The molecule has 1 aromatic rings. The number of hydrogen-bond donors (Lipinski definition) is 0. The monoisotopic (exact) mass is 468 g/mol. The molecule has 3 aliphatic carbocycles. The predicted molar refractivity (Wildman–Crippen MR) is 136 cm³/mol. The highest BCUT2D eigenvalue weighted by molar-refractivity contribution is 5.81. The second-order valence-corrected chi connectivity index (χ2v) is 11.1. The molecule has 188 valence electrons. The van der Waals surface area contributed by atoms with Gasteiger partial charge in [-0.2, -0.15) is 0 Å². The number of carbonyl (C=O) groups is 2. The van der Waals surface area contributed by atoms with E-state index < -0.39 is 0 Å². The molecular formula is C30H44O4. The SMILES string of the molecule is CCCCCCCCC(C)Oc1cc(OC(C)=O)c2c(c1)[C@@H]1CCCC[C@H]1[C@@H]1CCC(=O)C[C@@H]21. The normalized spacial score (nSPS) is 26.7. The van der Waals surface area contributed by atoms with Crippen molar-refractivity contribution in [2.45, 2.75) is 129 Å². The summed E-state index contributed by atoms with van der Waals surface area (Å²) in [5.74, 6) is 3.35. The van der Waals surface area contributed by atoms with Gasteiger partial charge in [-0.25, -0.2) is 0 Å². The number of benzene rings is 1. The van der Waals surface area contributed by atoms with Gasteiger partial charge in [-0.3, -0.25) is 9.59 Å². The molecule has 4 heteroatoms. The quantitative estimate of drug-likeness (QED) is 0.199. The number of ketones is 1. The van der Waals surface area contributed by atoms with Crippen molar-refractivity contribution in [3.05, 3.63) is 23.3 Å². The summed E-state index contributed by atoms with van der Waals surface area (Å²) in [4.78, 5) is 24.5. The Morgan fingerprint density at radius 3 is 2.53 bits per heavy atom. The van der Waals surface area contributed by atoms with Crippen LogP contribution in [0.3, 0.4) is 0 Å². The molecule has 0 bridgehead atoms.